The summed E-state index contributed by atoms with van der Waals surface area (Å²) in [4.78, 5) is 4.14. The van der Waals surface area contributed by atoms with Gasteiger partial charge in [0.2, 0.25) is 0 Å². The largest absolute Gasteiger partial charge is 0.487 e. The number of halogens is 1. The Bertz CT molecular complexity index is 526. The minimum atomic E-state index is 0.585. The molecule has 0 spiro atoms. The highest BCUT2D eigenvalue weighted by Crippen LogP contribution is 2.19. The predicted molar refractivity (Wildman–Crippen MR) is 76.9 cm³/mol. The number of hydrogen-bond donors (Lipinski definition) is 0. The van der Waals surface area contributed by atoms with Gasteiger partial charge in [-0.2, -0.15) is 0 Å². The minimum absolute atomic E-state index is 0.585. The third kappa shape index (κ3) is 3.10. The van der Waals surface area contributed by atoms with E-state index in [2.05, 4.69) is 53.8 Å². The summed E-state index contributed by atoms with van der Waals surface area (Å²) in [7, 11) is 0. The van der Waals surface area contributed by atoms with Crippen LogP contribution in [0.2, 0.25) is 0 Å². The molecular formula is C15H16BrNO. The monoisotopic (exact) mass is 305 g/mol. The Balaban J connectivity index is 2.13. The van der Waals surface area contributed by atoms with Gasteiger partial charge in [0.05, 0.1) is 6.20 Å². The third-order valence-corrected chi connectivity index (χ3v) is 3.39. The van der Waals surface area contributed by atoms with Gasteiger partial charge in [-0.3, -0.25) is 0 Å². The summed E-state index contributed by atoms with van der Waals surface area (Å²) in [6.07, 6.45) is 1.73. The number of aromatic nitrogens is 1. The Morgan fingerprint density at radius 2 is 1.78 bits per heavy atom. The number of aryl methyl sites for hydroxylation is 3. The zero-order valence-electron chi connectivity index (χ0n) is 10.8. The van der Waals surface area contributed by atoms with Crippen molar-refractivity contribution < 1.29 is 4.74 Å². The standard InChI is InChI=1S/C15H16BrNO/c1-10-6-11(2)14(12(3)7-10)9-18-13-4-5-15(16)17-8-13/h4-8H,9H2,1-3H3. The molecule has 0 amide bonds. The molecule has 0 radical (unpaired) electrons. The van der Waals surface area contributed by atoms with Crippen LogP contribution in [-0.4, -0.2) is 4.98 Å². The van der Waals surface area contributed by atoms with Gasteiger partial charge in [0.1, 0.15) is 17.0 Å². The van der Waals surface area contributed by atoms with Crippen LogP contribution in [0.4, 0.5) is 0 Å². The van der Waals surface area contributed by atoms with E-state index in [4.69, 9.17) is 4.74 Å². The van der Waals surface area contributed by atoms with E-state index in [1.54, 1.807) is 6.20 Å². The van der Waals surface area contributed by atoms with E-state index in [1.165, 1.54) is 22.3 Å². The molecule has 0 saturated carbocycles. The molecule has 0 atom stereocenters. The lowest BCUT2D eigenvalue weighted by molar-refractivity contribution is 0.303. The summed E-state index contributed by atoms with van der Waals surface area (Å²) in [5, 5.41) is 0. The fourth-order valence-corrected chi connectivity index (χ4v) is 2.28. The Morgan fingerprint density at radius 3 is 2.33 bits per heavy atom. The van der Waals surface area contributed by atoms with Crippen LogP contribution in [0.25, 0.3) is 0 Å². The minimum Gasteiger partial charge on any atom is -0.487 e. The molecule has 94 valence electrons. The van der Waals surface area contributed by atoms with E-state index in [0.29, 0.717) is 6.61 Å². The van der Waals surface area contributed by atoms with Gasteiger partial charge in [0.15, 0.2) is 0 Å². The molecule has 0 unspecified atom stereocenters. The van der Waals surface area contributed by atoms with Gasteiger partial charge in [-0.25, -0.2) is 4.98 Å². The smallest absolute Gasteiger partial charge is 0.138 e. The second-order valence-electron chi connectivity index (χ2n) is 4.48. The lowest BCUT2D eigenvalue weighted by Crippen LogP contribution is -2.01. The van der Waals surface area contributed by atoms with Crippen molar-refractivity contribution in [3.8, 4) is 5.75 Å². The topological polar surface area (TPSA) is 22.1 Å². The summed E-state index contributed by atoms with van der Waals surface area (Å²) in [5.74, 6) is 0.789. The van der Waals surface area contributed by atoms with Crippen molar-refractivity contribution in [1.29, 1.82) is 0 Å². The summed E-state index contributed by atoms with van der Waals surface area (Å²) in [5.41, 5.74) is 5.10. The zero-order chi connectivity index (χ0) is 13.1. The van der Waals surface area contributed by atoms with Crippen molar-refractivity contribution in [2.45, 2.75) is 27.4 Å². The van der Waals surface area contributed by atoms with Gasteiger partial charge in [0.25, 0.3) is 0 Å². The zero-order valence-corrected chi connectivity index (χ0v) is 12.4. The van der Waals surface area contributed by atoms with Gasteiger partial charge < -0.3 is 4.74 Å². The van der Waals surface area contributed by atoms with Gasteiger partial charge in [-0.15, -0.1) is 0 Å². The second-order valence-corrected chi connectivity index (χ2v) is 5.30. The molecule has 0 N–H and O–H groups in total. The maximum absolute atomic E-state index is 5.77. The summed E-state index contributed by atoms with van der Waals surface area (Å²) < 4.78 is 6.58. The summed E-state index contributed by atoms with van der Waals surface area (Å²) in [6, 6.07) is 8.16. The molecule has 0 bridgehead atoms. The first-order valence-corrected chi connectivity index (χ1v) is 6.66. The Labute approximate surface area is 116 Å². The highest BCUT2D eigenvalue weighted by atomic mass is 79.9. The number of hydrogen-bond acceptors (Lipinski definition) is 2. The average Bonchev–Trinajstić information content (AvgIpc) is 2.30. The summed E-state index contributed by atoms with van der Waals surface area (Å²) >= 11 is 3.31. The molecule has 1 aromatic carbocycles. The van der Waals surface area contributed by atoms with E-state index in [9.17, 15) is 0 Å². The molecule has 1 aromatic heterocycles. The quantitative estimate of drug-likeness (QED) is 0.787. The lowest BCUT2D eigenvalue weighted by Gasteiger charge is -2.12. The SMILES string of the molecule is Cc1cc(C)c(COc2ccc(Br)nc2)c(C)c1. The van der Waals surface area contributed by atoms with E-state index in [0.717, 1.165) is 10.4 Å². The van der Waals surface area contributed by atoms with E-state index < -0.39 is 0 Å². The van der Waals surface area contributed by atoms with Crippen LogP contribution in [-0.2, 0) is 6.61 Å². The van der Waals surface area contributed by atoms with Crippen LogP contribution in [0.3, 0.4) is 0 Å². The van der Waals surface area contributed by atoms with Crippen LogP contribution in [0.1, 0.15) is 22.3 Å². The molecule has 3 heteroatoms. The highest BCUT2D eigenvalue weighted by Gasteiger charge is 2.05. The molecule has 18 heavy (non-hydrogen) atoms. The number of pyridine rings is 1. The van der Waals surface area contributed by atoms with Crippen molar-refractivity contribution in [3.05, 3.63) is 57.3 Å². The Hall–Kier alpha value is -1.35. The fourth-order valence-electron chi connectivity index (χ4n) is 2.04. The number of nitrogens with zero attached hydrogens (tertiary/aromatic N) is 1. The molecule has 0 saturated heterocycles. The van der Waals surface area contributed by atoms with E-state index in [1.807, 2.05) is 12.1 Å². The van der Waals surface area contributed by atoms with E-state index in [-0.39, 0.29) is 0 Å². The normalized spacial score (nSPS) is 10.4. The lowest BCUT2D eigenvalue weighted by atomic mass is 10.0. The number of benzene rings is 1. The van der Waals surface area contributed by atoms with Crippen LogP contribution in [0.15, 0.2) is 35.1 Å². The first-order chi connectivity index (χ1) is 8.56. The van der Waals surface area contributed by atoms with Crippen LogP contribution in [0, 0.1) is 20.8 Å². The van der Waals surface area contributed by atoms with Crippen molar-refractivity contribution in [2.24, 2.45) is 0 Å². The average molecular weight is 306 g/mol. The number of ether oxygens (including phenoxy) is 1. The molecule has 2 nitrogen and oxygen atoms in total. The maximum atomic E-state index is 5.77. The molecule has 0 aliphatic heterocycles. The van der Waals surface area contributed by atoms with Gasteiger partial charge in [-0.05, 0) is 65.5 Å². The maximum Gasteiger partial charge on any atom is 0.138 e. The fraction of sp³-hybridized carbons (Fsp3) is 0.267. The van der Waals surface area contributed by atoms with Crippen LogP contribution < -0.4 is 4.74 Å². The van der Waals surface area contributed by atoms with Crippen molar-refractivity contribution in [3.63, 3.8) is 0 Å². The molecule has 0 aliphatic rings. The highest BCUT2D eigenvalue weighted by molar-refractivity contribution is 9.10. The van der Waals surface area contributed by atoms with Crippen LogP contribution >= 0.6 is 15.9 Å². The molecule has 2 rings (SSSR count). The second kappa shape index (κ2) is 5.53. The molecule has 1 heterocycles. The Kier molecular flexibility index (Phi) is 4.02. The molecule has 2 aromatic rings. The predicted octanol–water partition coefficient (Wildman–Crippen LogP) is 4.35. The first kappa shape index (κ1) is 13.1. The third-order valence-electron chi connectivity index (χ3n) is 2.92. The molecule has 0 aliphatic carbocycles. The van der Waals surface area contributed by atoms with Crippen molar-refractivity contribution in [2.75, 3.05) is 0 Å². The van der Waals surface area contributed by atoms with Crippen molar-refractivity contribution >= 4 is 15.9 Å². The van der Waals surface area contributed by atoms with Gasteiger partial charge in [0, 0.05) is 0 Å². The van der Waals surface area contributed by atoms with E-state index >= 15 is 0 Å². The van der Waals surface area contributed by atoms with Gasteiger partial charge in [-0.1, -0.05) is 17.7 Å². The number of rotatable bonds is 3. The molecule has 0 fully saturated rings. The summed E-state index contributed by atoms with van der Waals surface area (Å²) in [6.45, 7) is 6.95. The van der Waals surface area contributed by atoms with Crippen LogP contribution in [0.5, 0.6) is 5.75 Å². The van der Waals surface area contributed by atoms with Gasteiger partial charge >= 0.3 is 0 Å². The first-order valence-electron chi connectivity index (χ1n) is 5.87. The van der Waals surface area contributed by atoms with Crippen molar-refractivity contribution in [1.82, 2.24) is 4.98 Å². The molecular weight excluding hydrogens is 290 g/mol. The Morgan fingerprint density at radius 1 is 1.11 bits per heavy atom.